The lowest BCUT2D eigenvalue weighted by molar-refractivity contribution is -0.140. The normalized spacial score (nSPS) is 18.3. The highest BCUT2D eigenvalue weighted by Gasteiger charge is 2.46. The molecular weight excluding hydrogens is 389 g/mol. The smallest absolute Gasteiger partial charge is 0.295 e. The van der Waals surface area contributed by atoms with Crippen LogP contribution in [0.1, 0.15) is 31.0 Å². The fourth-order valence-corrected chi connectivity index (χ4v) is 3.42. The van der Waals surface area contributed by atoms with E-state index in [0.29, 0.717) is 11.3 Å². The third kappa shape index (κ3) is 4.21. The molecule has 1 aliphatic heterocycles. The van der Waals surface area contributed by atoms with Gasteiger partial charge < -0.3 is 19.5 Å². The molecule has 2 aromatic rings. The molecule has 7 heteroatoms. The van der Waals surface area contributed by atoms with Gasteiger partial charge in [0.1, 0.15) is 17.3 Å². The van der Waals surface area contributed by atoms with Crippen molar-refractivity contribution >= 4 is 17.4 Å². The van der Waals surface area contributed by atoms with Crippen LogP contribution in [0.3, 0.4) is 0 Å². The summed E-state index contributed by atoms with van der Waals surface area (Å²) in [6, 6.07) is 11.2. The SMILES string of the molecule is COc1ccc(/C(O)=C2/C(=O)C(=O)N(CCOC(C)C)C2c2ccccc2F)cc1. The molecule has 1 atom stereocenters. The van der Waals surface area contributed by atoms with E-state index in [2.05, 4.69) is 0 Å². The third-order valence-corrected chi connectivity index (χ3v) is 4.89. The van der Waals surface area contributed by atoms with Crippen molar-refractivity contribution in [2.24, 2.45) is 0 Å². The average molecular weight is 413 g/mol. The summed E-state index contributed by atoms with van der Waals surface area (Å²) in [7, 11) is 1.51. The van der Waals surface area contributed by atoms with Crippen molar-refractivity contribution in [2.75, 3.05) is 20.3 Å². The topological polar surface area (TPSA) is 76.1 Å². The molecule has 1 heterocycles. The number of Topliss-reactive ketones (excluding diaryl/α,β-unsaturated/α-hetero) is 1. The van der Waals surface area contributed by atoms with Crippen LogP contribution in [-0.4, -0.2) is 48.1 Å². The van der Waals surface area contributed by atoms with E-state index in [9.17, 15) is 19.1 Å². The average Bonchev–Trinajstić information content (AvgIpc) is 2.98. The Morgan fingerprint density at radius 3 is 2.40 bits per heavy atom. The highest BCUT2D eigenvalue weighted by atomic mass is 19.1. The lowest BCUT2D eigenvalue weighted by Crippen LogP contribution is -2.33. The molecule has 3 rings (SSSR count). The number of carbonyl (C=O) groups excluding carboxylic acids is 2. The van der Waals surface area contributed by atoms with Crippen molar-refractivity contribution in [1.82, 2.24) is 4.90 Å². The van der Waals surface area contributed by atoms with E-state index in [1.54, 1.807) is 30.3 Å². The van der Waals surface area contributed by atoms with Gasteiger partial charge in [-0.15, -0.1) is 0 Å². The van der Waals surface area contributed by atoms with Crippen LogP contribution in [0.25, 0.3) is 5.76 Å². The lowest BCUT2D eigenvalue weighted by atomic mass is 9.95. The van der Waals surface area contributed by atoms with Crippen LogP contribution in [0.4, 0.5) is 4.39 Å². The van der Waals surface area contributed by atoms with Gasteiger partial charge >= 0.3 is 0 Å². The number of aliphatic hydroxyl groups excluding tert-OH is 1. The fraction of sp³-hybridized carbons (Fsp3) is 0.304. The Morgan fingerprint density at radius 1 is 1.13 bits per heavy atom. The largest absolute Gasteiger partial charge is 0.507 e. The second-order valence-corrected chi connectivity index (χ2v) is 7.16. The van der Waals surface area contributed by atoms with E-state index in [-0.39, 0.29) is 36.2 Å². The molecule has 6 nitrogen and oxygen atoms in total. The molecule has 1 unspecified atom stereocenters. The zero-order valence-electron chi connectivity index (χ0n) is 17.1. The maximum absolute atomic E-state index is 14.7. The van der Waals surface area contributed by atoms with Crippen LogP contribution in [0.15, 0.2) is 54.1 Å². The Labute approximate surface area is 174 Å². The number of ketones is 1. The number of rotatable bonds is 7. The molecule has 158 valence electrons. The summed E-state index contributed by atoms with van der Waals surface area (Å²) >= 11 is 0. The Hall–Kier alpha value is -3.19. The summed E-state index contributed by atoms with van der Waals surface area (Å²) < 4.78 is 25.3. The van der Waals surface area contributed by atoms with Gasteiger partial charge in [-0.25, -0.2) is 4.39 Å². The summed E-state index contributed by atoms with van der Waals surface area (Å²) in [6.45, 7) is 3.97. The molecule has 1 fully saturated rings. The molecule has 0 aliphatic carbocycles. The Kier molecular flexibility index (Phi) is 6.52. The van der Waals surface area contributed by atoms with Crippen LogP contribution < -0.4 is 4.74 Å². The second-order valence-electron chi connectivity index (χ2n) is 7.16. The molecule has 2 aromatic carbocycles. The van der Waals surface area contributed by atoms with Gasteiger partial charge in [0.25, 0.3) is 11.7 Å². The first-order valence-corrected chi connectivity index (χ1v) is 9.64. The van der Waals surface area contributed by atoms with E-state index >= 15 is 0 Å². The number of nitrogens with zero attached hydrogens (tertiary/aromatic N) is 1. The van der Waals surface area contributed by atoms with Gasteiger partial charge in [-0.3, -0.25) is 9.59 Å². The zero-order valence-corrected chi connectivity index (χ0v) is 17.1. The fourth-order valence-electron chi connectivity index (χ4n) is 3.42. The summed E-state index contributed by atoms with van der Waals surface area (Å²) in [5, 5.41) is 10.9. The molecule has 0 saturated carbocycles. The van der Waals surface area contributed by atoms with Gasteiger partial charge in [-0.2, -0.15) is 0 Å². The predicted molar refractivity (Wildman–Crippen MR) is 109 cm³/mol. The van der Waals surface area contributed by atoms with E-state index in [1.165, 1.54) is 30.2 Å². The Balaban J connectivity index is 2.09. The van der Waals surface area contributed by atoms with Gasteiger partial charge in [0, 0.05) is 17.7 Å². The molecule has 0 bridgehead atoms. The standard InChI is InChI=1S/C23H24FNO5/c1-14(2)30-13-12-25-20(17-6-4-5-7-18(17)24)19(22(27)23(25)28)21(26)15-8-10-16(29-3)11-9-15/h4-11,14,20,26H,12-13H2,1-3H3/b21-19-. The van der Waals surface area contributed by atoms with Crippen molar-refractivity contribution in [3.8, 4) is 5.75 Å². The zero-order chi connectivity index (χ0) is 21.8. The molecule has 1 aliphatic rings. The van der Waals surface area contributed by atoms with Gasteiger partial charge in [0.2, 0.25) is 0 Å². The number of halogens is 1. The number of hydrogen-bond acceptors (Lipinski definition) is 5. The minimum atomic E-state index is -1.05. The lowest BCUT2D eigenvalue weighted by Gasteiger charge is -2.26. The predicted octanol–water partition coefficient (Wildman–Crippen LogP) is 3.68. The number of aliphatic hydroxyl groups is 1. The molecular formula is C23H24FNO5. The maximum atomic E-state index is 14.7. The quantitative estimate of drug-likeness (QED) is 0.426. The van der Waals surface area contributed by atoms with Crippen LogP contribution in [0.2, 0.25) is 0 Å². The van der Waals surface area contributed by atoms with Crippen LogP contribution in [0, 0.1) is 5.82 Å². The first kappa shape index (κ1) is 21.5. The third-order valence-electron chi connectivity index (χ3n) is 4.89. The van der Waals surface area contributed by atoms with Gasteiger partial charge in [-0.1, -0.05) is 18.2 Å². The van der Waals surface area contributed by atoms with Crippen molar-refractivity contribution < 1.29 is 28.6 Å². The number of methoxy groups -OCH3 is 1. The summed E-state index contributed by atoms with van der Waals surface area (Å²) in [5.74, 6) is -2.02. The summed E-state index contributed by atoms with van der Waals surface area (Å²) in [6.07, 6.45) is -0.0620. The van der Waals surface area contributed by atoms with Crippen LogP contribution >= 0.6 is 0 Å². The van der Waals surface area contributed by atoms with Gasteiger partial charge in [0.15, 0.2) is 0 Å². The number of hydrogen-bond donors (Lipinski definition) is 1. The molecule has 0 radical (unpaired) electrons. The minimum Gasteiger partial charge on any atom is -0.507 e. The number of ether oxygens (including phenoxy) is 2. The molecule has 0 spiro atoms. The molecule has 1 N–H and O–H groups in total. The van der Waals surface area contributed by atoms with Crippen LogP contribution in [0.5, 0.6) is 5.75 Å². The summed E-state index contributed by atoms with van der Waals surface area (Å²) in [4.78, 5) is 26.9. The van der Waals surface area contributed by atoms with Gasteiger partial charge in [0.05, 0.1) is 31.4 Å². The Bertz CT molecular complexity index is 968. The number of carbonyl (C=O) groups is 2. The highest BCUT2D eigenvalue weighted by molar-refractivity contribution is 6.46. The van der Waals surface area contributed by atoms with Crippen molar-refractivity contribution in [2.45, 2.75) is 26.0 Å². The highest BCUT2D eigenvalue weighted by Crippen LogP contribution is 2.40. The van der Waals surface area contributed by atoms with E-state index in [4.69, 9.17) is 9.47 Å². The van der Waals surface area contributed by atoms with E-state index in [0.717, 1.165) is 0 Å². The van der Waals surface area contributed by atoms with E-state index in [1.807, 2.05) is 13.8 Å². The van der Waals surface area contributed by atoms with Crippen LogP contribution in [-0.2, 0) is 14.3 Å². The van der Waals surface area contributed by atoms with Crippen molar-refractivity contribution in [3.63, 3.8) is 0 Å². The maximum Gasteiger partial charge on any atom is 0.295 e. The number of likely N-dealkylation sites (tertiary alicyclic amines) is 1. The van der Waals surface area contributed by atoms with E-state index < -0.39 is 23.5 Å². The first-order valence-electron chi connectivity index (χ1n) is 9.64. The number of amides is 1. The molecule has 30 heavy (non-hydrogen) atoms. The number of benzene rings is 2. The Morgan fingerprint density at radius 2 is 1.80 bits per heavy atom. The van der Waals surface area contributed by atoms with Gasteiger partial charge in [-0.05, 0) is 44.2 Å². The molecule has 1 saturated heterocycles. The van der Waals surface area contributed by atoms with Crippen molar-refractivity contribution in [3.05, 3.63) is 71.0 Å². The molecule has 0 aromatic heterocycles. The summed E-state index contributed by atoms with van der Waals surface area (Å²) in [5.41, 5.74) is 0.310. The molecule has 1 amide bonds. The van der Waals surface area contributed by atoms with Crippen molar-refractivity contribution in [1.29, 1.82) is 0 Å². The second kappa shape index (κ2) is 9.09. The first-order chi connectivity index (χ1) is 14.3. The minimum absolute atomic E-state index is 0.0620. The monoisotopic (exact) mass is 413 g/mol.